The lowest BCUT2D eigenvalue weighted by Crippen LogP contribution is -2.31. The first-order valence-corrected chi connectivity index (χ1v) is 12.1. The largest absolute Gasteiger partial charge is 0.491 e. The normalized spacial score (nSPS) is 17.4. The van der Waals surface area contributed by atoms with E-state index < -0.39 is 0 Å². The molecule has 0 unspecified atom stereocenters. The zero-order valence-electron chi connectivity index (χ0n) is 19.1. The fourth-order valence-corrected chi connectivity index (χ4v) is 4.80. The van der Waals surface area contributed by atoms with Crippen LogP contribution in [0.15, 0.2) is 54.6 Å². The Balaban J connectivity index is 1.08. The van der Waals surface area contributed by atoms with Crippen molar-refractivity contribution in [3.05, 3.63) is 65.9 Å². The van der Waals surface area contributed by atoms with Crippen LogP contribution in [0.1, 0.15) is 30.5 Å². The zero-order chi connectivity index (χ0) is 22.5. The van der Waals surface area contributed by atoms with Gasteiger partial charge in [0.2, 0.25) is 5.91 Å². The number of hydrogen-bond acceptors (Lipinski definition) is 5. The summed E-state index contributed by atoms with van der Waals surface area (Å²) in [5.74, 6) is 0.872. The average Bonchev–Trinajstić information content (AvgIpc) is 3.07. The smallest absolute Gasteiger partial charge is 0.224 e. The molecule has 0 saturated carbocycles. The van der Waals surface area contributed by atoms with Crippen molar-refractivity contribution in [2.75, 3.05) is 44.6 Å². The molecule has 5 rings (SSSR count). The Morgan fingerprint density at radius 2 is 1.79 bits per heavy atom. The molecule has 2 aliphatic heterocycles. The number of rotatable bonds is 7. The third kappa shape index (κ3) is 5.52. The predicted octanol–water partition coefficient (Wildman–Crippen LogP) is 4.10. The number of nitrogens with one attached hydrogen (secondary N) is 1. The number of ether oxygens (including phenoxy) is 1. The van der Waals surface area contributed by atoms with Crippen LogP contribution in [0.5, 0.6) is 5.75 Å². The fraction of sp³-hybridized carbons (Fsp3) is 0.407. The average molecular weight is 445 g/mol. The van der Waals surface area contributed by atoms with Gasteiger partial charge in [-0.1, -0.05) is 36.4 Å². The molecule has 2 aliphatic rings. The van der Waals surface area contributed by atoms with Gasteiger partial charge in [0.05, 0.1) is 23.5 Å². The van der Waals surface area contributed by atoms with Gasteiger partial charge in [-0.05, 0) is 56.1 Å². The number of fused-ring (bicyclic) bond motifs is 2. The van der Waals surface area contributed by atoms with Crippen LogP contribution in [0, 0.1) is 0 Å². The van der Waals surface area contributed by atoms with E-state index in [1.165, 1.54) is 17.4 Å². The SMILES string of the molecule is O=C1CCc2cccc(OCCCN3CCCN(Cc4ccc5ccccc5n4)CC3)c2N1. The highest BCUT2D eigenvalue weighted by molar-refractivity contribution is 5.95. The van der Waals surface area contributed by atoms with E-state index in [4.69, 9.17) is 9.72 Å². The molecule has 1 N–H and O–H groups in total. The Kier molecular flexibility index (Phi) is 6.84. The maximum Gasteiger partial charge on any atom is 0.224 e. The van der Waals surface area contributed by atoms with Crippen molar-refractivity contribution in [1.29, 1.82) is 0 Å². The quantitative estimate of drug-likeness (QED) is 0.556. The highest BCUT2D eigenvalue weighted by atomic mass is 16.5. The predicted molar refractivity (Wildman–Crippen MR) is 132 cm³/mol. The van der Waals surface area contributed by atoms with E-state index in [1.807, 2.05) is 12.1 Å². The number of aromatic nitrogens is 1. The molecular weight excluding hydrogens is 412 g/mol. The van der Waals surface area contributed by atoms with Crippen LogP contribution in [0.2, 0.25) is 0 Å². The van der Waals surface area contributed by atoms with Crippen molar-refractivity contribution in [2.45, 2.75) is 32.2 Å². The van der Waals surface area contributed by atoms with Gasteiger partial charge in [-0.15, -0.1) is 0 Å². The molecule has 2 aromatic carbocycles. The lowest BCUT2D eigenvalue weighted by molar-refractivity contribution is -0.116. The van der Waals surface area contributed by atoms with Gasteiger partial charge in [-0.3, -0.25) is 14.7 Å². The van der Waals surface area contributed by atoms with E-state index in [2.05, 4.69) is 57.6 Å². The molecule has 1 aromatic heterocycles. The number of anilines is 1. The Bertz CT molecular complexity index is 1120. The van der Waals surface area contributed by atoms with Crippen molar-refractivity contribution in [3.8, 4) is 5.75 Å². The van der Waals surface area contributed by atoms with E-state index in [9.17, 15) is 4.79 Å². The second-order valence-electron chi connectivity index (χ2n) is 9.01. The van der Waals surface area contributed by atoms with Crippen LogP contribution in [-0.2, 0) is 17.8 Å². The molecule has 0 bridgehead atoms. The molecular formula is C27H32N4O2. The lowest BCUT2D eigenvalue weighted by atomic mass is 10.0. The number of benzene rings is 2. The fourth-order valence-electron chi connectivity index (χ4n) is 4.80. The Morgan fingerprint density at radius 1 is 0.909 bits per heavy atom. The van der Waals surface area contributed by atoms with Crippen LogP contribution < -0.4 is 10.1 Å². The lowest BCUT2D eigenvalue weighted by Gasteiger charge is -2.22. The Labute approximate surface area is 195 Å². The summed E-state index contributed by atoms with van der Waals surface area (Å²) in [6.07, 6.45) is 3.49. The summed E-state index contributed by atoms with van der Waals surface area (Å²) in [5, 5.41) is 4.17. The third-order valence-corrected chi connectivity index (χ3v) is 6.60. The van der Waals surface area contributed by atoms with Crippen LogP contribution in [0.4, 0.5) is 5.69 Å². The summed E-state index contributed by atoms with van der Waals surface area (Å²) in [7, 11) is 0. The molecule has 6 heteroatoms. The first-order chi connectivity index (χ1) is 16.2. The van der Waals surface area contributed by atoms with Crippen molar-refractivity contribution in [2.24, 2.45) is 0 Å². The molecule has 1 saturated heterocycles. The highest BCUT2D eigenvalue weighted by Crippen LogP contribution is 2.32. The molecule has 33 heavy (non-hydrogen) atoms. The number of pyridine rings is 1. The molecule has 0 aliphatic carbocycles. The summed E-state index contributed by atoms with van der Waals surface area (Å²) in [6, 6.07) is 18.7. The van der Waals surface area contributed by atoms with Crippen LogP contribution in [0.3, 0.4) is 0 Å². The maximum atomic E-state index is 11.8. The van der Waals surface area contributed by atoms with E-state index in [0.717, 1.165) is 74.8 Å². The van der Waals surface area contributed by atoms with E-state index in [-0.39, 0.29) is 5.91 Å². The number of carbonyl (C=O) groups excluding carboxylic acids is 1. The van der Waals surface area contributed by atoms with Gasteiger partial charge in [0.15, 0.2) is 0 Å². The minimum Gasteiger partial charge on any atom is -0.491 e. The topological polar surface area (TPSA) is 57.7 Å². The number of carbonyl (C=O) groups is 1. The summed E-state index contributed by atoms with van der Waals surface area (Å²) >= 11 is 0. The van der Waals surface area contributed by atoms with Crippen LogP contribution in [-0.4, -0.2) is 60.0 Å². The molecule has 3 aromatic rings. The molecule has 172 valence electrons. The van der Waals surface area contributed by atoms with Gasteiger partial charge in [-0.2, -0.15) is 0 Å². The third-order valence-electron chi connectivity index (χ3n) is 6.60. The molecule has 1 fully saturated rings. The second-order valence-corrected chi connectivity index (χ2v) is 9.01. The van der Waals surface area contributed by atoms with Crippen molar-refractivity contribution in [1.82, 2.24) is 14.8 Å². The number of nitrogens with zero attached hydrogens (tertiary/aromatic N) is 3. The van der Waals surface area contributed by atoms with E-state index >= 15 is 0 Å². The van der Waals surface area contributed by atoms with Crippen LogP contribution >= 0.6 is 0 Å². The monoisotopic (exact) mass is 444 g/mol. The van der Waals surface area contributed by atoms with Gasteiger partial charge >= 0.3 is 0 Å². The van der Waals surface area contributed by atoms with Gasteiger partial charge in [0.1, 0.15) is 5.75 Å². The molecule has 0 atom stereocenters. The molecule has 6 nitrogen and oxygen atoms in total. The summed E-state index contributed by atoms with van der Waals surface area (Å²) < 4.78 is 6.05. The Morgan fingerprint density at radius 3 is 2.76 bits per heavy atom. The van der Waals surface area contributed by atoms with Crippen molar-refractivity contribution < 1.29 is 9.53 Å². The minimum atomic E-state index is 0.0755. The summed E-state index contributed by atoms with van der Waals surface area (Å²) in [5.41, 5.74) is 4.25. The Hall–Kier alpha value is -2.96. The van der Waals surface area contributed by atoms with Gasteiger partial charge in [0, 0.05) is 38.0 Å². The highest BCUT2D eigenvalue weighted by Gasteiger charge is 2.19. The molecule has 0 spiro atoms. The molecule has 0 radical (unpaired) electrons. The summed E-state index contributed by atoms with van der Waals surface area (Å²) in [6.45, 7) is 6.97. The first-order valence-electron chi connectivity index (χ1n) is 12.1. The van der Waals surface area contributed by atoms with Gasteiger partial charge in [0.25, 0.3) is 0 Å². The number of aryl methyl sites for hydroxylation is 1. The number of amides is 1. The van der Waals surface area contributed by atoms with Crippen molar-refractivity contribution >= 4 is 22.5 Å². The standard InChI is InChI=1S/C27H32N4O2/c32-26-13-11-22-7-3-9-25(27(22)29-26)33-19-5-16-30-14-4-15-31(18-17-30)20-23-12-10-21-6-1-2-8-24(21)28-23/h1-3,6-10,12H,4-5,11,13-20H2,(H,29,32). The summed E-state index contributed by atoms with van der Waals surface area (Å²) in [4.78, 5) is 21.7. The number of para-hydroxylation sites is 2. The maximum absolute atomic E-state index is 11.8. The molecule has 3 heterocycles. The molecule has 1 amide bonds. The minimum absolute atomic E-state index is 0.0755. The van der Waals surface area contributed by atoms with Crippen LogP contribution in [0.25, 0.3) is 10.9 Å². The van der Waals surface area contributed by atoms with E-state index in [1.54, 1.807) is 0 Å². The number of hydrogen-bond donors (Lipinski definition) is 1. The van der Waals surface area contributed by atoms with Crippen molar-refractivity contribution in [3.63, 3.8) is 0 Å². The zero-order valence-corrected chi connectivity index (χ0v) is 19.1. The van der Waals surface area contributed by atoms with E-state index in [0.29, 0.717) is 13.0 Å². The van der Waals surface area contributed by atoms with Gasteiger partial charge < -0.3 is 15.0 Å². The first kappa shape index (κ1) is 21.9. The van der Waals surface area contributed by atoms with Gasteiger partial charge in [-0.25, -0.2) is 0 Å². The second kappa shape index (κ2) is 10.3.